The topological polar surface area (TPSA) is 66.6 Å². The molecule has 0 spiro atoms. The van der Waals surface area contributed by atoms with Gasteiger partial charge in [0.1, 0.15) is 5.75 Å². The van der Waals surface area contributed by atoms with Gasteiger partial charge in [0, 0.05) is 22.4 Å². The van der Waals surface area contributed by atoms with Gasteiger partial charge >= 0.3 is 0 Å². The van der Waals surface area contributed by atoms with Gasteiger partial charge < -0.3 is 15.7 Å². The second kappa shape index (κ2) is 4.83. The van der Waals surface area contributed by atoms with Crippen molar-refractivity contribution >= 4 is 33.2 Å². The van der Waals surface area contributed by atoms with Crippen LogP contribution in [-0.2, 0) is 6.42 Å². The van der Waals surface area contributed by atoms with Crippen molar-refractivity contribution in [1.29, 1.82) is 0 Å². The molecule has 0 bridgehead atoms. The molecule has 0 unspecified atom stereocenters. The minimum atomic E-state index is -0.215. The number of halogens is 1. The zero-order chi connectivity index (χ0) is 14.3. The van der Waals surface area contributed by atoms with E-state index < -0.39 is 0 Å². The van der Waals surface area contributed by atoms with Gasteiger partial charge in [0.2, 0.25) is 0 Å². The smallest absolute Gasteiger partial charge is 0.262 e. The SMILES string of the molecule is Nc1ccc2c(c1)N(C(=O)c1cc(Br)ccc1O)CC2. The lowest BCUT2D eigenvalue weighted by Crippen LogP contribution is -2.29. The molecule has 0 aromatic heterocycles. The maximum atomic E-state index is 12.6. The molecule has 0 saturated carbocycles. The van der Waals surface area contributed by atoms with Crippen LogP contribution in [0.15, 0.2) is 40.9 Å². The van der Waals surface area contributed by atoms with Crippen molar-refractivity contribution in [2.75, 3.05) is 17.2 Å². The van der Waals surface area contributed by atoms with Crippen LogP contribution in [0.1, 0.15) is 15.9 Å². The summed E-state index contributed by atoms with van der Waals surface area (Å²) in [5.41, 5.74) is 8.63. The number of nitrogens with zero attached hydrogens (tertiary/aromatic N) is 1. The van der Waals surface area contributed by atoms with Crippen LogP contribution in [0.25, 0.3) is 0 Å². The zero-order valence-corrected chi connectivity index (χ0v) is 12.2. The van der Waals surface area contributed by atoms with Crippen molar-refractivity contribution in [3.8, 4) is 5.75 Å². The van der Waals surface area contributed by atoms with Crippen molar-refractivity contribution in [3.05, 3.63) is 52.0 Å². The standard InChI is InChI=1S/C15H13BrN2O2/c16-10-2-4-14(19)12(7-10)15(20)18-6-5-9-1-3-11(17)8-13(9)18/h1-4,7-8,19H,5-6,17H2. The molecular formula is C15H13BrN2O2. The molecule has 4 nitrogen and oxygen atoms in total. The Kier molecular flexibility index (Phi) is 3.14. The molecule has 3 N–H and O–H groups in total. The fraction of sp³-hybridized carbons (Fsp3) is 0.133. The fourth-order valence-electron chi connectivity index (χ4n) is 2.43. The zero-order valence-electron chi connectivity index (χ0n) is 10.6. The second-order valence-corrected chi connectivity index (χ2v) is 5.67. The lowest BCUT2D eigenvalue weighted by molar-refractivity contribution is 0.0987. The second-order valence-electron chi connectivity index (χ2n) is 4.76. The van der Waals surface area contributed by atoms with Crippen LogP contribution in [0.3, 0.4) is 0 Å². The number of nitrogen functional groups attached to an aromatic ring is 1. The average molecular weight is 333 g/mol. The van der Waals surface area contributed by atoms with Crippen LogP contribution in [-0.4, -0.2) is 17.6 Å². The largest absolute Gasteiger partial charge is 0.507 e. The number of phenols is 1. The van der Waals surface area contributed by atoms with Gasteiger partial charge in [-0.1, -0.05) is 22.0 Å². The van der Waals surface area contributed by atoms with Crippen LogP contribution >= 0.6 is 15.9 Å². The minimum Gasteiger partial charge on any atom is -0.507 e. The van der Waals surface area contributed by atoms with E-state index in [9.17, 15) is 9.90 Å². The van der Waals surface area contributed by atoms with E-state index >= 15 is 0 Å². The highest BCUT2D eigenvalue weighted by Crippen LogP contribution is 2.33. The third-order valence-corrected chi connectivity index (χ3v) is 3.93. The van der Waals surface area contributed by atoms with E-state index in [1.54, 1.807) is 23.1 Å². The molecule has 0 saturated heterocycles. The van der Waals surface area contributed by atoms with Crippen molar-refractivity contribution in [2.24, 2.45) is 0 Å². The number of carbonyl (C=O) groups excluding carboxylic acids is 1. The van der Waals surface area contributed by atoms with Gasteiger partial charge in [-0.25, -0.2) is 0 Å². The first kappa shape index (κ1) is 13.0. The average Bonchev–Trinajstić information content (AvgIpc) is 2.83. The Labute approximate surface area is 125 Å². The van der Waals surface area contributed by atoms with Gasteiger partial charge in [-0.15, -0.1) is 0 Å². The maximum Gasteiger partial charge on any atom is 0.262 e. The van der Waals surface area contributed by atoms with Gasteiger partial charge in [-0.3, -0.25) is 4.79 Å². The first-order chi connectivity index (χ1) is 9.56. The summed E-state index contributed by atoms with van der Waals surface area (Å²) >= 11 is 3.31. The summed E-state index contributed by atoms with van der Waals surface area (Å²) in [5, 5.41) is 9.88. The predicted octanol–water partition coefficient (Wildman–Crippen LogP) is 2.94. The third-order valence-electron chi connectivity index (χ3n) is 3.44. The summed E-state index contributed by atoms with van der Waals surface area (Å²) in [7, 11) is 0. The molecule has 0 atom stereocenters. The highest BCUT2D eigenvalue weighted by molar-refractivity contribution is 9.10. The van der Waals surface area contributed by atoms with Crippen molar-refractivity contribution in [3.63, 3.8) is 0 Å². The highest BCUT2D eigenvalue weighted by atomic mass is 79.9. The Hall–Kier alpha value is -2.01. The quantitative estimate of drug-likeness (QED) is 0.789. The molecule has 0 radical (unpaired) electrons. The van der Waals surface area contributed by atoms with Gasteiger partial charge in [0.25, 0.3) is 5.91 Å². The number of hydrogen-bond donors (Lipinski definition) is 2. The number of amides is 1. The van der Waals surface area contributed by atoms with E-state index in [4.69, 9.17) is 5.73 Å². The highest BCUT2D eigenvalue weighted by Gasteiger charge is 2.27. The summed E-state index contributed by atoms with van der Waals surface area (Å²) < 4.78 is 0.755. The van der Waals surface area contributed by atoms with Gasteiger partial charge in [0.15, 0.2) is 0 Å². The van der Waals surface area contributed by atoms with E-state index in [1.807, 2.05) is 12.1 Å². The van der Waals surface area contributed by atoms with Crippen LogP contribution in [0.5, 0.6) is 5.75 Å². The number of rotatable bonds is 1. The van der Waals surface area contributed by atoms with Crippen LogP contribution < -0.4 is 10.6 Å². The molecule has 1 aliphatic heterocycles. The summed E-state index contributed by atoms with van der Waals surface area (Å²) in [4.78, 5) is 14.3. The first-order valence-corrected chi connectivity index (χ1v) is 7.04. The molecular weight excluding hydrogens is 320 g/mol. The first-order valence-electron chi connectivity index (χ1n) is 6.25. The third kappa shape index (κ3) is 2.14. The molecule has 1 aliphatic rings. The van der Waals surface area contributed by atoms with Crippen LogP contribution in [0, 0.1) is 0 Å². The normalized spacial score (nSPS) is 13.3. The van der Waals surface area contributed by atoms with Crippen molar-refractivity contribution in [2.45, 2.75) is 6.42 Å². The molecule has 102 valence electrons. The predicted molar refractivity (Wildman–Crippen MR) is 82.0 cm³/mol. The monoisotopic (exact) mass is 332 g/mol. The summed E-state index contributed by atoms with van der Waals surface area (Å²) in [6.45, 7) is 0.601. The lowest BCUT2D eigenvalue weighted by atomic mass is 10.1. The number of aromatic hydroxyl groups is 1. The van der Waals surface area contributed by atoms with Gasteiger partial charge in [-0.05, 0) is 42.3 Å². The molecule has 2 aromatic carbocycles. The minimum absolute atomic E-state index is 0.0180. The van der Waals surface area contributed by atoms with Gasteiger partial charge in [-0.2, -0.15) is 0 Å². The van der Waals surface area contributed by atoms with Crippen LogP contribution in [0.2, 0.25) is 0 Å². The van der Waals surface area contributed by atoms with E-state index in [2.05, 4.69) is 15.9 Å². The maximum absolute atomic E-state index is 12.6. The van der Waals surface area contributed by atoms with Crippen LogP contribution in [0.4, 0.5) is 11.4 Å². The Morgan fingerprint density at radius 1 is 1.25 bits per heavy atom. The fourth-order valence-corrected chi connectivity index (χ4v) is 2.79. The molecule has 1 amide bonds. The molecule has 3 rings (SSSR count). The number of fused-ring (bicyclic) bond motifs is 1. The Bertz CT molecular complexity index is 700. The Balaban J connectivity index is 2.01. The van der Waals surface area contributed by atoms with E-state index in [0.717, 1.165) is 22.1 Å². The van der Waals surface area contributed by atoms with E-state index in [0.29, 0.717) is 12.2 Å². The number of benzene rings is 2. The number of phenolic OH excluding ortho intramolecular Hbond substituents is 1. The Morgan fingerprint density at radius 3 is 2.85 bits per heavy atom. The molecule has 0 fully saturated rings. The van der Waals surface area contributed by atoms with Crippen molar-refractivity contribution in [1.82, 2.24) is 0 Å². The number of nitrogens with two attached hydrogens (primary N) is 1. The Morgan fingerprint density at radius 2 is 2.05 bits per heavy atom. The molecule has 1 heterocycles. The summed E-state index contributed by atoms with van der Waals surface area (Å²) in [6, 6.07) is 10.4. The lowest BCUT2D eigenvalue weighted by Gasteiger charge is -2.18. The molecule has 0 aliphatic carbocycles. The van der Waals surface area contributed by atoms with E-state index in [1.165, 1.54) is 6.07 Å². The van der Waals surface area contributed by atoms with Gasteiger partial charge in [0.05, 0.1) is 5.56 Å². The number of carbonyl (C=O) groups is 1. The molecule has 20 heavy (non-hydrogen) atoms. The molecule has 2 aromatic rings. The van der Waals surface area contributed by atoms with Crippen molar-refractivity contribution < 1.29 is 9.90 Å². The summed E-state index contributed by atoms with van der Waals surface area (Å²) in [5.74, 6) is -0.233. The molecule has 5 heteroatoms. The number of hydrogen-bond acceptors (Lipinski definition) is 3. The summed E-state index contributed by atoms with van der Waals surface area (Å²) in [6.07, 6.45) is 0.802. The van der Waals surface area contributed by atoms with E-state index in [-0.39, 0.29) is 17.2 Å². The number of anilines is 2.